The number of ether oxygens (including phenoxy) is 1. The number of methoxy groups -OCH3 is 1. The minimum atomic E-state index is -0.733. The van der Waals surface area contributed by atoms with Gasteiger partial charge in [-0.25, -0.2) is 0 Å². The second-order valence-corrected chi connectivity index (χ2v) is 4.57. The van der Waals surface area contributed by atoms with E-state index in [0.29, 0.717) is 0 Å². The summed E-state index contributed by atoms with van der Waals surface area (Å²) in [7, 11) is 1.64. The lowest BCUT2D eigenvalue weighted by molar-refractivity contribution is -0.0777. The molecule has 2 nitrogen and oxygen atoms in total. The SMILES string of the molecule is COC(C)C(C)(O)CCCc1ccccc1. The summed E-state index contributed by atoms with van der Waals surface area (Å²) in [6.45, 7) is 3.74. The van der Waals surface area contributed by atoms with Crippen LogP contribution >= 0.6 is 0 Å². The van der Waals surface area contributed by atoms with Crippen molar-refractivity contribution in [2.75, 3.05) is 7.11 Å². The zero-order chi connectivity index (χ0) is 12.0. The Labute approximate surface area is 98.3 Å². The molecular formula is C14H22O2. The molecule has 0 aliphatic heterocycles. The van der Waals surface area contributed by atoms with Crippen molar-refractivity contribution in [3.8, 4) is 0 Å². The highest BCUT2D eigenvalue weighted by Gasteiger charge is 2.27. The van der Waals surface area contributed by atoms with Crippen molar-refractivity contribution < 1.29 is 9.84 Å². The molecule has 2 unspecified atom stereocenters. The Morgan fingerprint density at radius 2 is 1.94 bits per heavy atom. The molecule has 0 radical (unpaired) electrons. The molecule has 2 heteroatoms. The fourth-order valence-electron chi connectivity index (χ4n) is 1.75. The van der Waals surface area contributed by atoms with Crippen LogP contribution in [0.3, 0.4) is 0 Å². The number of hydrogen-bond donors (Lipinski definition) is 1. The topological polar surface area (TPSA) is 29.5 Å². The van der Waals surface area contributed by atoms with Crippen LogP contribution in [0.5, 0.6) is 0 Å². The lowest BCUT2D eigenvalue weighted by Gasteiger charge is -2.29. The summed E-state index contributed by atoms with van der Waals surface area (Å²) >= 11 is 0. The summed E-state index contributed by atoms with van der Waals surface area (Å²) < 4.78 is 5.17. The lowest BCUT2D eigenvalue weighted by Crippen LogP contribution is -2.38. The van der Waals surface area contributed by atoms with Crippen LogP contribution in [0.2, 0.25) is 0 Å². The second kappa shape index (κ2) is 6.02. The molecule has 0 amide bonds. The molecular weight excluding hydrogens is 200 g/mol. The third-order valence-electron chi connectivity index (χ3n) is 3.22. The van der Waals surface area contributed by atoms with Gasteiger partial charge in [0.25, 0.3) is 0 Å². The number of rotatable bonds is 6. The van der Waals surface area contributed by atoms with Gasteiger partial charge < -0.3 is 9.84 Å². The second-order valence-electron chi connectivity index (χ2n) is 4.57. The molecule has 0 heterocycles. The molecule has 1 rings (SSSR count). The third-order valence-corrected chi connectivity index (χ3v) is 3.22. The third kappa shape index (κ3) is 3.95. The normalized spacial score (nSPS) is 16.8. The fraction of sp³-hybridized carbons (Fsp3) is 0.571. The fourth-order valence-corrected chi connectivity index (χ4v) is 1.75. The largest absolute Gasteiger partial charge is 0.387 e. The zero-order valence-electron chi connectivity index (χ0n) is 10.4. The minimum absolute atomic E-state index is 0.122. The van der Waals surface area contributed by atoms with Crippen molar-refractivity contribution in [2.24, 2.45) is 0 Å². The van der Waals surface area contributed by atoms with E-state index < -0.39 is 5.60 Å². The van der Waals surface area contributed by atoms with Crippen molar-refractivity contribution in [2.45, 2.75) is 44.8 Å². The minimum Gasteiger partial charge on any atom is -0.387 e. The Morgan fingerprint density at radius 1 is 1.31 bits per heavy atom. The molecule has 0 fully saturated rings. The first-order valence-corrected chi connectivity index (χ1v) is 5.85. The number of benzene rings is 1. The van der Waals surface area contributed by atoms with Gasteiger partial charge in [0.15, 0.2) is 0 Å². The molecule has 90 valence electrons. The van der Waals surface area contributed by atoms with Crippen molar-refractivity contribution in [3.05, 3.63) is 35.9 Å². The smallest absolute Gasteiger partial charge is 0.0877 e. The van der Waals surface area contributed by atoms with Gasteiger partial charge in [0.1, 0.15) is 0 Å². The van der Waals surface area contributed by atoms with Gasteiger partial charge in [-0.15, -0.1) is 0 Å². The first-order chi connectivity index (χ1) is 7.56. The standard InChI is InChI=1S/C14H22O2/c1-12(16-3)14(2,15)11-7-10-13-8-5-4-6-9-13/h4-6,8-9,12,15H,7,10-11H2,1-3H3. The molecule has 1 aromatic carbocycles. The van der Waals surface area contributed by atoms with Gasteiger partial charge in [0.05, 0.1) is 11.7 Å². The Bertz CT molecular complexity index is 293. The van der Waals surface area contributed by atoms with E-state index in [9.17, 15) is 5.11 Å². The van der Waals surface area contributed by atoms with E-state index in [1.807, 2.05) is 32.0 Å². The van der Waals surface area contributed by atoms with Crippen LogP contribution < -0.4 is 0 Å². The average molecular weight is 222 g/mol. The summed E-state index contributed by atoms with van der Waals surface area (Å²) in [4.78, 5) is 0. The van der Waals surface area contributed by atoms with Crippen molar-refractivity contribution in [1.29, 1.82) is 0 Å². The maximum Gasteiger partial charge on any atom is 0.0877 e. The van der Waals surface area contributed by atoms with Gasteiger partial charge in [-0.05, 0) is 38.7 Å². The molecule has 0 spiro atoms. The van der Waals surface area contributed by atoms with E-state index in [2.05, 4.69) is 12.1 Å². The Hall–Kier alpha value is -0.860. The zero-order valence-corrected chi connectivity index (χ0v) is 10.4. The molecule has 1 N–H and O–H groups in total. The Balaban J connectivity index is 2.35. The summed E-state index contributed by atoms with van der Waals surface area (Å²) in [5.41, 5.74) is 0.590. The monoisotopic (exact) mass is 222 g/mol. The number of aryl methyl sites for hydroxylation is 1. The van der Waals surface area contributed by atoms with Crippen LogP contribution in [-0.2, 0) is 11.2 Å². The predicted octanol–water partition coefficient (Wildman–Crippen LogP) is 2.80. The van der Waals surface area contributed by atoms with Crippen LogP contribution in [0.4, 0.5) is 0 Å². The van der Waals surface area contributed by atoms with Crippen LogP contribution in [0.15, 0.2) is 30.3 Å². The number of aliphatic hydroxyl groups is 1. The highest BCUT2D eigenvalue weighted by molar-refractivity contribution is 5.14. The predicted molar refractivity (Wildman–Crippen MR) is 66.5 cm³/mol. The van der Waals surface area contributed by atoms with Crippen molar-refractivity contribution >= 4 is 0 Å². The Morgan fingerprint density at radius 3 is 2.50 bits per heavy atom. The molecule has 0 aliphatic carbocycles. The average Bonchev–Trinajstić information content (AvgIpc) is 2.29. The van der Waals surface area contributed by atoms with Gasteiger partial charge in [-0.3, -0.25) is 0 Å². The van der Waals surface area contributed by atoms with E-state index >= 15 is 0 Å². The van der Waals surface area contributed by atoms with E-state index in [1.165, 1.54) is 5.56 Å². The van der Waals surface area contributed by atoms with Gasteiger partial charge in [-0.1, -0.05) is 30.3 Å². The van der Waals surface area contributed by atoms with Crippen molar-refractivity contribution in [3.63, 3.8) is 0 Å². The van der Waals surface area contributed by atoms with Gasteiger partial charge in [0.2, 0.25) is 0 Å². The molecule has 0 saturated carbocycles. The van der Waals surface area contributed by atoms with E-state index in [1.54, 1.807) is 7.11 Å². The summed E-state index contributed by atoms with van der Waals surface area (Å²) in [6.07, 6.45) is 2.62. The van der Waals surface area contributed by atoms with E-state index in [0.717, 1.165) is 19.3 Å². The van der Waals surface area contributed by atoms with Crippen LogP contribution in [0.1, 0.15) is 32.3 Å². The summed E-state index contributed by atoms with van der Waals surface area (Å²) in [6, 6.07) is 10.4. The van der Waals surface area contributed by atoms with Crippen LogP contribution in [-0.4, -0.2) is 23.9 Å². The van der Waals surface area contributed by atoms with Crippen molar-refractivity contribution in [1.82, 2.24) is 0 Å². The van der Waals surface area contributed by atoms with Gasteiger partial charge in [-0.2, -0.15) is 0 Å². The van der Waals surface area contributed by atoms with E-state index in [-0.39, 0.29) is 6.10 Å². The maximum absolute atomic E-state index is 10.1. The first-order valence-electron chi connectivity index (χ1n) is 5.85. The lowest BCUT2D eigenvalue weighted by atomic mass is 9.92. The quantitative estimate of drug-likeness (QED) is 0.802. The van der Waals surface area contributed by atoms with Gasteiger partial charge in [0, 0.05) is 7.11 Å². The summed E-state index contributed by atoms with van der Waals surface area (Å²) in [5.74, 6) is 0. The van der Waals surface area contributed by atoms with Crippen LogP contribution in [0.25, 0.3) is 0 Å². The molecule has 16 heavy (non-hydrogen) atoms. The number of hydrogen-bond acceptors (Lipinski definition) is 2. The molecule has 0 aliphatic rings. The van der Waals surface area contributed by atoms with Gasteiger partial charge >= 0.3 is 0 Å². The summed E-state index contributed by atoms with van der Waals surface area (Å²) in [5, 5.41) is 10.1. The van der Waals surface area contributed by atoms with Crippen LogP contribution in [0, 0.1) is 0 Å². The van der Waals surface area contributed by atoms with E-state index in [4.69, 9.17) is 4.74 Å². The molecule has 0 saturated heterocycles. The highest BCUT2D eigenvalue weighted by atomic mass is 16.5. The molecule has 1 aromatic rings. The first kappa shape index (κ1) is 13.2. The Kier molecular flexibility index (Phi) is 4.97. The molecule has 0 aromatic heterocycles. The highest BCUT2D eigenvalue weighted by Crippen LogP contribution is 2.20. The molecule has 2 atom stereocenters. The maximum atomic E-state index is 10.1. The molecule has 0 bridgehead atoms.